The van der Waals surface area contributed by atoms with E-state index >= 15 is 0 Å². The minimum absolute atomic E-state index is 0.176. The van der Waals surface area contributed by atoms with Crippen molar-refractivity contribution in [2.45, 2.75) is 13.5 Å². The van der Waals surface area contributed by atoms with Crippen LogP contribution >= 0.6 is 0 Å². The highest BCUT2D eigenvalue weighted by Gasteiger charge is 2.20. The van der Waals surface area contributed by atoms with Gasteiger partial charge in [-0.3, -0.25) is 10.1 Å². The predicted octanol–water partition coefficient (Wildman–Crippen LogP) is 4.04. The lowest BCUT2D eigenvalue weighted by Gasteiger charge is -2.09. The summed E-state index contributed by atoms with van der Waals surface area (Å²) in [5, 5.41) is 24.2. The number of nitro benzene ring substituents is 1. The highest BCUT2D eigenvalue weighted by Crippen LogP contribution is 2.39. The fourth-order valence-corrected chi connectivity index (χ4v) is 2.63. The van der Waals surface area contributed by atoms with E-state index in [1.165, 1.54) is 22.8 Å². The van der Waals surface area contributed by atoms with Gasteiger partial charge in [0, 0.05) is 17.5 Å². The van der Waals surface area contributed by atoms with Gasteiger partial charge < -0.3 is 14.4 Å². The van der Waals surface area contributed by atoms with Crippen LogP contribution in [0.15, 0.2) is 47.6 Å². The van der Waals surface area contributed by atoms with Gasteiger partial charge in [-0.2, -0.15) is 0 Å². The summed E-state index contributed by atoms with van der Waals surface area (Å²) in [6.45, 7) is 2.47. The molecule has 0 amide bonds. The Hall–Kier alpha value is -3.42. The largest absolute Gasteiger partial charge is 0.493 e. The first-order valence-corrected chi connectivity index (χ1v) is 7.53. The molecule has 1 N–H and O–H groups in total. The van der Waals surface area contributed by atoms with Gasteiger partial charge in [-0.1, -0.05) is 17.7 Å². The van der Waals surface area contributed by atoms with Gasteiger partial charge in [0.2, 0.25) is 5.88 Å². The lowest BCUT2D eigenvalue weighted by molar-refractivity contribution is -0.384. The summed E-state index contributed by atoms with van der Waals surface area (Å²) in [5.41, 5.74) is 1.20. The zero-order valence-electron chi connectivity index (χ0n) is 13.4. The van der Waals surface area contributed by atoms with Gasteiger partial charge in [-0.15, -0.1) is 4.91 Å². The van der Waals surface area contributed by atoms with E-state index < -0.39 is 4.92 Å². The number of hydrogen-bond donors (Lipinski definition) is 1. The molecule has 128 valence electrons. The van der Waals surface area contributed by atoms with Crippen LogP contribution in [-0.2, 0) is 6.54 Å². The molecule has 0 bridgehead atoms. The molecule has 3 aromatic rings. The predicted molar refractivity (Wildman–Crippen MR) is 92.4 cm³/mol. The van der Waals surface area contributed by atoms with E-state index in [9.17, 15) is 20.1 Å². The molecule has 1 heterocycles. The Morgan fingerprint density at radius 3 is 2.60 bits per heavy atom. The minimum Gasteiger partial charge on any atom is -0.493 e. The Kier molecular flexibility index (Phi) is 4.34. The van der Waals surface area contributed by atoms with Crippen LogP contribution in [0, 0.1) is 21.9 Å². The highest BCUT2D eigenvalue weighted by atomic mass is 16.6. The van der Waals surface area contributed by atoms with Gasteiger partial charge >= 0.3 is 0 Å². The van der Waals surface area contributed by atoms with Crippen LogP contribution in [-0.4, -0.2) is 21.2 Å². The number of aromatic hydroxyl groups is 1. The van der Waals surface area contributed by atoms with E-state index in [4.69, 9.17) is 4.74 Å². The third-order valence-corrected chi connectivity index (χ3v) is 3.90. The van der Waals surface area contributed by atoms with E-state index in [1.807, 2.05) is 31.2 Å². The van der Waals surface area contributed by atoms with Crippen molar-refractivity contribution >= 4 is 22.3 Å². The molecule has 0 atom stereocenters. The van der Waals surface area contributed by atoms with Crippen LogP contribution in [0.3, 0.4) is 0 Å². The molecule has 0 fully saturated rings. The lowest BCUT2D eigenvalue weighted by atomic mass is 10.2. The van der Waals surface area contributed by atoms with Crippen LogP contribution in [0.2, 0.25) is 0 Å². The van der Waals surface area contributed by atoms with Crippen molar-refractivity contribution < 1.29 is 14.8 Å². The van der Waals surface area contributed by atoms with Gasteiger partial charge in [0.05, 0.1) is 17.0 Å². The first kappa shape index (κ1) is 16.4. The van der Waals surface area contributed by atoms with Crippen molar-refractivity contribution in [3.63, 3.8) is 0 Å². The summed E-state index contributed by atoms with van der Waals surface area (Å²) in [4.78, 5) is 21.4. The number of rotatable bonds is 6. The maximum absolute atomic E-state index is 11.0. The third-order valence-electron chi connectivity index (χ3n) is 3.90. The summed E-state index contributed by atoms with van der Waals surface area (Å²) in [6.07, 6.45) is 0. The molecule has 0 aliphatic heterocycles. The second-order valence-electron chi connectivity index (χ2n) is 5.54. The fourth-order valence-electron chi connectivity index (χ4n) is 2.63. The number of non-ortho nitro benzene ring substituents is 1. The average molecular weight is 341 g/mol. The summed E-state index contributed by atoms with van der Waals surface area (Å²) in [7, 11) is 0. The molecule has 25 heavy (non-hydrogen) atoms. The number of nitro groups is 1. The van der Waals surface area contributed by atoms with Crippen LogP contribution in [0.25, 0.3) is 10.9 Å². The molecular weight excluding hydrogens is 326 g/mol. The van der Waals surface area contributed by atoms with Crippen LogP contribution in [0.5, 0.6) is 11.6 Å². The van der Waals surface area contributed by atoms with E-state index in [1.54, 1.807) is 0 Å². The Morgan fingerprint density at radius 1 is 1.24 bits per heavy atom. The summed E-state index contributed by atoms with van der Waals surface area (Å²) in [5.74, 6) is 0.351. The first-order chi connectivity index (χ1) is 12.0. The normalized spacial score (nSPS) is 10.8. The van der Waals surface area contributed by atoms with Crippen molar-refractivity contribution in [2.75, 3.05) is 6.61 Å². The molecule has 2 aromatic carbocycles. The fraction of sp³-hybridized carbons (Fsp3) is 0.176. The van der Waals surface area contributed by atoms with Crippen molar-refractivity contribution in [3.05, 3.63) is 63.0 Å². The number of nitrogens with zero attached hydrogens (tertiary/aromatic N) is 3. The Balaban J connectivity index is 1.87. The summed E-state index contributed by atoms with van der Waals surface area (Å²) in [6, 6.07) is 11.5. The van der Waals surface area contributed by atoms with Gasteiger partial charge in [0.25, 0.3) is 5.69 Å². The molecule has 0 spiro atoms. The smallest absolute Gasteiger partial charge is 0.270 e. The van der Waals surface area contributed by atoms with Crippen molar-refractivity contribution in [3.8, 4) is 11.6 Å². The maximum Gasteiger partial charge on any atom is 0.270 e. The third kappa shape index (κ3) is 3.14. The molecule has 0 unspecified atom stereocenters. The molecule has 8 nitrogen and oxygen atoms in total. The number of nitroso groups, excluding NO2 is 1. The van der Waals surface area contributed by atoms with Crippen LogP contribution in [0.1, 0.15) is 5.56 Å². The highest BCUT2D eigenvalue weighted by molar-refractivity contribution is 5.96. The van der Waals surface area contributed by atoms with E-state index in [0.717, 1.165) is 5.56 Å². The van der Waals surface area contributed by atoms with Gasteiger partial charge in [0.15, 0.2) is 5.69 Å². The molecule has 8 heteroatoms. The molecule has 0 saturated carbocycles. The molecule has 0 aliphatic carbocycles. The maximum atomic E-state index is 11.0. The van der Waals surface area contributed by atoms with Crippen LogP contribution < -0.4 is 4.74 Å². The molecule has 0 aliphatic rings. The molecule has 3 rings (SSSR count). The Morgan fingerprint density at radius 2 is 1.96 bits per heavy atom. The number of fused-ring (bicyclic) bond motifs is 1. The molecular formula is C17H15N3O5. The van der Waals surface area contributed by atoms with Crippen molar-refractivity contribution in [2.24, 2.45) is 5.18 Å². The van der Waals surface area contributed by atoms with Crippen molar-refractivity contribution in [1.29, 1.82) is 0 Å². The zero-order valence-corrected chi connectivity index (χ0v) is 13.4. The average Bonchev–Trinajstić information content (AvgIpc) is 2.87. The monoisotopic (exact) mass is 341 g/mol. The molecule has 0 radical (unpaired) electrons. The van der Waals surface area contributed by atoms with E-state index in [-0.39, 0.29) is 35.8 Å². The second-order valence-corrected chi connectivity index (χ2v) is 5.54. The lowest BCUT2D eigenvalue weighted by Crippen LogP contribution is -2.07. The minimum atomic E-state index is -0.567. The van der Waals surface area contributed by atoms with Gasteiger partial charge in [0.1, 0.15) is 12.4 Å². The van der Waals surface area contributed by atoms with E-state index in [0.29, 0.717) is 11.3 Å². The standard InChI is InChI=1S/C17H15N3O5/c1-11-2-5-13(6-3-11)25-9-8-19-15-7-4-12(20(23)24)10-14(15)16(18-22)17(19)21/h2-7,10,21H,8-9H2,1H3. The first-order valence-electron chi connectivity index (χ1n) is 7.53. The topological polar surface area (TPSA) is 107 Å². The SMILES string of the molecule is Cc1ccc(OCCn2c(O)c(N=O)c3cc([N+](=O)[O-])ccc32)cc1. The zero-order chi connectivity index (χ0) is 18.0. The number of hydrogen-bond acceptors (Lipinski definition) is 6. The second kappa shape index (κ2) is 6.60. The van der Waals surface area contributed by atoms with E-state index in [2.05, 4.69) is 5.18 Å². The van der Waals surface area contributed by atoms with Crippen molar-refractivity contribution in [1.82, 2.24) is 4.57 Å². The molecule has 1 aromatic heterocycles. The summed E-state index contributed by atoms with van der Waals surface area (Å²) < 4.78 is 7.07. The quantitative estimate of drug-likeness (QED) is 0.413. The number of aryl methyl sites for hydroxylation is 1. The number of ether oxygens (including phenoxy) is 1. The molecule has 0 saturated heterocycles. The van der Waals surface area contributed by atoms with Crippen LogP contribution in [0.4, 0.5) is 11.4 Å². The van der Waals surface area contributed by atoms with Gasteiger partial charge in [-0.25, -0.2) is 0 Å². The van der Waals surface area contributed by atoms with Gasteiger partial charge in [-0.05, 0) is 30.3 Å². The number of benzene rings is 2. The summed E-state index contributed by atoms with van der Waals surface area (Å²) >= 11 is 0. The number of aromatic nitrogens is 1. The Bertz CT molecular complexity index is 947. The Labute approximate surface area is 142 Å².